The Morgan fingerprint density at radius 1 is 0.725 bits per heavy atom. The molecule has 0 fully saturated rings. The number of nitrogens with zero attached hydrogens (tertiary/aromatic N) is 1. The number of aromatic nitrogens is 1. The highest BCUT2D eigenvalue weighted by atomic mass is 28.4. The molecule has 0 aliphatic carbocycles. The number of halogens is 2. The average Bonchev–Trinajstić information content (AvgIpc) is 2.91. The van der Waals surface area contributed by atoms with Crippen LogP contribution in [0.15, 0.2) is 84.9 Å². The largest absolute Gasteiger partial charge is 0.473 e. The second-order valence-corrected chi connectivity index (χ2v) is 16.2. The first kappa shape index (κ1) is 29.4. The lowest BCUT2D eigenvalue weighted by Gasteiger charge is -2.36. The van der Waals surface area contributed by atoms with Crippen molar-refractivity contribution >= 4 is 8.32 Å². The van der Waals surface area contributed by atoms with Crippen molar-refractivity contribution in [1.29, 1.82) is 0 Å². The number of rotatable bonds is 11. The van der Waals surface area contributed by atoms with Crippen LogP contribution < -0.4 is 9.47 Å². The Bertz CT molecular complexity index is 1380. The Morgan fingerprint density at radius 2 is 1.27 bits per heavy atom. The van der Waals surface area contributed by atoms with Gasteiger partial charge in [-0.25, -0.2) is 8.78 Å². The lowest BCUT2D eigenvalue weighted by molar-refractivity contribution is 0.268. The van der Waals surface area contributed by atoms with Crippen LogP contribution in [-0.2, 0) is 24.1 Å². The zero-order chi connectivity index (χ0) is 28.8. The molecule has 0 amide bonds. The minimum Gasteiger partial charge on any atom is -0.473 e. The van der Waals surface area contributed by atoms with E-state index < -0.39 is 20.0 Å². The van der Waals surface area contributed by atoms with Gasteiger partial charge in [0, 0.05) is 12.7 Å². The van der Waals surface area contributed by atoms with E-state index in [1.54, 1.807) is 12.1 Å². The maximum absolute atomic E-state index is 15.5. The Kier molecular flexibility index (Phi) is 9.38. The van der Waals surface area contributed by atoms with E-state index in [1.165, 1.54) is 12.1 Å². The molecule has 0 unspecified atom stereocenters. The van der Waals surface area contributed by atoms with E-state index in [4.69, 9.17) is 13.9 Å². The van der Waals surface area contributed by atoms with E-state index in [0.717, 1.165) is 11.1 Å². The van der Waals surface area contributed by atoms with Crippen molar-refractivity contribution < 1.29 is 22.7 Å². The van der Waals surface area contributed by atoms with E-state index in [2.05, 4.69) is 38.8 Å². The van der Waals surface area contributed by atoms with E-state index in [9.17, 15) is 0 Å². The predicted octanol–water partition coefficient (Wildman–Crippen LogP) is 8.75. The summed E-state index contributed by atoms with van der Waals surface area (Å²) in [4.78, 5) is 4.49. The molecule has 40 heavy (non-hydrogen) atoms. The van der Waals surface area contributed by atoms with Crippen molar-refractivity contribution in [3.63, 3.8) is 0 Å². The maximum Gasteiger partial charge on any atom is 0.225 e. The molecule has 0 spiro atoms. The van der Waals surface area contributed by atoms with Crippen LogP contribution in [-0.4, -0.2) is 19.9 Å². The zero-order valence-electron chi connectivity index (χ0n) is 23.8. The third-order valence-corrected chi connectivity index (χ3v) is 11.9. The third kappa shape index (κ3) is 7.55. The lowest BCUT2D eigenvalue weighted by atomic mass is 10.0. The van der Waals surface area contributed by atoms with Crippen LogP contribution in [0.4, 0.5) is 8.78 Å². The summed E-state index contributed by atoms with van der Waals surface area (Å²) in [6.07, 6.45) is 0.419. The van der Waals surface area contributed by atoms with Crippen LogP contribution in [0.1, 0.15) is 37.5 Å². The van der Waals surface area contributed by atoms with E-state index in [-0.39, 0.29) is 28.7 Å². The average molecular weight is 562 g/mol. The number of ether oxygens (including phenoxy) is 2. The van der Waals surface area contributed by atoms with Crippen LogP contribution in [0.25, 0.3) is 11.1 Å². The van der Waals surface area contributed by atoms with Gasteiger partial charge >= 0.3 is 0 Å². The first-order valence-electron chi connectivity index (χ1n) is 13.5. The monoisotopic (exact) mass is 561 g/mol. The summed E-state index contributed by atoms with van der Waals surface area (Å²) in [6.45, 7) is 11.7. The summed E-state index contributed by atoms with van der Waals surface area (Å²) in [6, 6.07) is 25.2. The molecule has 1 heterocycles. The van der Waals surface area contributed by atoms with Crippen LogP contribution in [0, 0.1) is 11.6 Å². The van der Waals surface area contributed by atoms with Crippen LogP contribution >= 0.6 is 0 Å². The molecular weight excluding hydrogens is 524 g/mol. The highest BCUT2D eigenvalue weighted by molar-refractivity contribution is 6.74. The van der Waals surface area contributed by atoms with E-state index >= 15 is 8.78 Å². The summed E-state index contributed by atoms with van der Waals surface area (Å²) in [5.41, 5.74) is 2.47. The van der Waals surface area contributed by atoms with Gasteiger partial charge in [-0.2, -0.15) is 4.98 Å². The number of pyridine rings is 1. The number of benzene rings is 3. The number of hydrogen-bond acceptors (Lipinski definition) is 4. The van der Waals surface area contributed by atoms with Gasteiger partial charge in [-0.3, -0.25) is 0 Å². The van der Waals surface area contributed by atoms with Crippen LogP contribution in [0.5, 0.6) is 11.8 Å². The first-order chi connectivity index (χ1) is 19.0. The molecule has 3 aromatic carbocycles. The second kappa shape index (κ2) is 12.7. The molecule has 4 rings (SSSR count). The number of hydrogen-bond donors (Lipinski definition) is 0. The Hall–Kier alpha value is -3.55. The molecule has 0 saturated carbocycles. The van der Waals surface area contributed by atoms with Gasteiger partial charge in [0.25, 0.3) is 0 Å². The first-order valence-corrected chi connectivity index (χ1v) is 16.4. The molecule has 0 bridgehead atoms. The van der Waals surface area contributed by atoms with Crippen molar-refractivity contribution in [1.82, 2.24) is 4.98 Å². The van der Waals surface area contributed by atoms with E-state index in [1.807, 2.05) is 60.7 Å². The maximum atomic E-state index is 15.5. The summed E-state index contributed by atoms with van der Waals surface area (Å²) < 4.78 is 49.0. The molecule has 0 atom stereocenters. The summed E-state index contributed by atoms with van der Waals surface area (Å²) in [5.74, 6) is -0.949. The smallest absolute Gasteiger partial charge is 0.225 e. The lowest BCUT2D eigenvalue weighted by Crippen LogP contribution is -2.41. The van der Waals surface area contributed by atoms with Crippen LogP contribution in [0.3, 0.4) is 0 Å². The van der Waals surface area contributed by atoms with Gasteiger partial charge in [0.15, 0.2) is 8.32 Å². The highest BCUT2D eigenvalue weighted by Crippen LogP contribution is 2.37. The Labute approximate surface area is 237 Å². The molecule has 210 valence electrons. The van der Waals surface area contributed by atoms with Crippen molar-refractivity contribution in [3.8, 4) is 22.9 Å². The third-order valence-electron chi connectivity index (χ3n) is 7.31. The Balaban J connectivity index is 1.58. The van der Waals surface area contributed by atoms with Crippen molar-refractivity contribution in [2.75, 3.05) is 6.61 Å². The van der Waals surface area contributed by atoms with Crippen molar-refractivity contribution in [2.24, 2.45) is 0 Å². The molecular formula is C33H37F2NO3Si. The van der Waals surface area contributed by atoms with Gasteiger partial charge in [0.1, 0.15) is 24.8 Å². The molecule has 0 radical (unpaired) electrons. The molecule has 4 aromatic rings. The van der Waals surface area contributed by atoms with E-state index in [0.29, 0.717) is 31.1 Å². The fourth-order valence-corrected chi connectivity index (χ4v) is 4.97. The van der Waals surface area contributed by atoms with Gasteiger partial charge in [-0.15, -0.1) is 0 Å². The molecule has 7 heteroatoms. The van der Waals surface area contributed by atoms with Gasteiger partial charge in [-0.1, -0.05) is 81.4 Å². The predicted molar refractivity (Wildman–Crippen MR) is 158 cm³/mol. The molecule has 1 aromatic heterocycles. The summed E-state index contributed by atoms with van der Waals surface area (Å²) in [7, 11) is -1.95. The molecule has 0 N–H and O–H groups in total. The molecule has 0 aliphatic rings. The summed E-state index contributed by atoms with van der Waals surface area (Å²) >= 11 is 0. The standard InChI is InChI=1S/C33H37F2NO3Si/c1-33(2,3)40(4,5)39-19-18-26-20-28(34)31(29(35)21-26)27-16-17-30(37-22-24-12-8-6-9-13-24)36-32(27)38-23-25-14-10-7-11-15-25/h6-17,20-21H,18-19,22-23H2,1-5H3. The SMILES string of the molecule is CC(C)(C)[Si](C)(C)OCCc1cc(F)c(-c2ccc(OCc3ccccc3)nc2OCc2ccccc2)c(F)c1. The van der Waals surface area contributed by atoms with Gasteiger partial charge in [0.05, 0.1) is 11.1 Å². The second-order valence-electron chi connectivity index (χ2n) is 11.3. The van der Waals surface area contributed by atoms with Gasteiger partial charge < -0.3 is 13.9 Å². The van der Waals surface area contributed by atoms with Crippen LogP contribution in [0.2, 0.25) is 18.1 Å². The molecule has 4 nitrogen and oxygen atoms in total. The topological polar surface area (TPSA) is 40.6 Å². The Morgan fingerprint density at radius 3 is 1.82 bits per heavy atom. The quantitative estimate of drug-likeness (QED) is 0.172. The van der Waals surface area contributed by atoms with Crippen molar-refractivity contribution in [3.05, 3.63) is 113 Å². The summed E-state index contributed by atoms with van der Waals surface area (Å²) in [5, 5.41) is 0.0630. The fourth-order valence-electron chi connectivity index (χ4n) is 3.93. The molecule has 0 aliphatic heterocycles. The van der Waals surface area contributed by atoms with Gasteiger partial charge in [-0.05, 0) is 59.4 Å². The van der Waals surface area contributed by atoms with Gasteiger partial charge in [0.2, 0.25) is 11.8 Å². The minimum atomic E-state index is -1.95. The normalized spacial score (nSPS) is 11.9. The van der Waals surface area contributed by atoms with Crippen molar-refractivity contribution in [2.45, 2.75) is 58.5 Å². The zero-order valence-corrected chi connectivity index (χ0v) is 24.8. The fraction of sp³-hybridized carbons (Fsp3) is 0.303. The molecule has 0 saturated heterocycles. The minimum absolute atomic E-state index is 0.0630. The highest BCUT2D eigenvalue weighted by Gasteiger charge is 2.36.